The van der Waals surface area contributed by atoms with E-state index in [4.69, 9.17) is 4.74 Å². The number of hydrogen-bond acceptors (Lipinski definition) is 1. The van der Waals surface area contributed by atoms with Gasteiger partial charge in [0.1, 0.15) is 0 Å². The smallest absolute Gasteiger partial charge is 0.0589 e. The van der Waals surface area contributed by atoms with Crippen LogP contribution < -0.4 is 0 Å². The van der Waals surface area contributed by atoms with E-state index in [-0.39, 0.29) is 0 Å². The van der Waals surface area contributed by atoms with Crippen LogP contribution in [0, 0.1) is 5.92 Å². The van der Waals surface area contributed by atoms with Gasteiger partial charge in [0.2, 0.25) is 0 Å². The Kier molecular flexibility index (Phi) is 5.25. The minimum atomic E-state index is 0.425. The Bertz CT molecular complexity index is 352. The van der Waals surface area contributed by atoms with E-state index >= 15 is 0 Å². The van der Waals surface area contributed by atoms with E-state index in [1.165, 1.54) is 30.4 Å². The van der Waals surface area contributed by atoms with E-state index in [1.54, 1.807) is 0 Å². The SMILES string of the molecule is CC(C)Cc1ccc(C(Br)CC2CCCO2)cc1. The van der Waals surface area contributed by atoms with Gasteiger partial charge in [0.15, 0.2) is 0 Å². The summed E-state index contributed by atoms with van der Waals surface area (Å²) in [6.07, 6.45) is 5.14. The van der Waals surface area contributed by atoms with Gasteiger partial charge >= 0.3 is 0 Å². The van der Waals surface area contributed by atoms with Crippen LogP contribution in [-0.4, -0.2) is 12.7 Å². The Morgan fingerprint density at radius 3 is 2.56 bits per heavy atom. The predicted octanol–water partition coefficient (Wildman–Crippen LogP) is 4.89. The second kappa shape index (κ2) is 6.72. The van der Waals surface area contributed by atoms with Crippen molar-refractivity contribution in [3.05, 3.63) is 35.4 Å². The largest absolute Gasteiger partial charge is 0.378 e. The number of ether oxygens (including phenoxy) is 1. The molecule has 1 aromatic rings. The normalized spacial score (nSPS) is 21.4. The topological polar surface area (TPSA) is 9.23 Å². The summed E-state index contributed by atoms with van der Waals surface area (Å²) in [5.41, 5.74) is 2.81. The van der Waals surface area contributed by atoms with Gasteiger partial charge in [-0.25, -0.2) is 0 Å². The van der Waals surface area contributed by atoms with Crippen LogP contribution in [0.4, 0.5) is 0 Å². The Morgan fingerprint density at radius 1 is 1.28 bits per heavy atom. The number of rotatable bonds is 5. The Labute approximate surface area is 119 Å². The summed E-state index contributed by atoms with van der Waals surface area (Å²) < 4.78 is 5.69. The number of hydrogen-bond donors (Lipinski definition) is 0. The maximum atomic E-state index is 5.69. The lowest BCUT2D eigenvalue weighted by atomic mass is 9.99. The van der Waals surface area contributed by atoms with Crippen molar-refractivity contribution in [2.75, 3.05) is 6.61 Å². The van der Waals surface area contributed by atoms with E-state index in [2.05, 4.69) is 54.0 Å². The van der Waals surface area contributed by atoms with Crippen LogP contribution in [0.5, 0.6) is 0 Å². The molecule has 2 rings (SSSR count). The summed E-state index contributed by atoms with van der Waals surface area (Å²) >= 11 is 3.79. The molecule has 1 heterocycles. The Balaban J connectivity index is 1.91. The number of halogens is 1. The van der Waals surface area contributed by atoms with Gasteiger partial charge in [0.05, 0.1) is 6.10 Å². The van der Waals surface area contributed by atoms with E-state index in [1.807, 2.05) is 0 Å². The lowest BCUT2D eigenvalue weighted by Crippen LogP contribution is -2.08. The van der Waals surface area contributed by atoms with Crippen molar-refractivity contribution in [3.63, 3.8) is 0 Å². The fourth-order valence-electron chi connectivity index (χ4n) is 2.53. The first-order chi connectivity index (χ1) is 8.65. The molecule has 0 spiro atoms. The summed E-state index contributed by atoms with van der Waals surface area (Å²) in [4.78, 5) is 0.425. The zero-order valence-corrected chi connectivity index (χ0v) is 12.9. The minimum Gasteiger partial charge on any atom is -0.378 e. The molecule has 2 heteroatoms. The molecule has 1 saturated heterocycles. The van der Waals surface area contributed by atoms with Crippen molar-refractivity contribution in [3.8, 4) is 0 Å². The Hall–Kier alpha value is -0.340. The zero-order chi connectivity index (χ0) is 13.0. The molecule has 0 amide bonds. The van der Waals surface area contributed by atoms with Gasteiger partial charge in [-0.2, -0.15) is 0 Å². The summed E-state index contributed by atoms with van der Waals surface area (Å²) in [5, 5.41) is 0. The van der Waals surface area contributed by atoms with Crippen molar-refractivity contribution >= 4 is 15.9 Å². The second-order valence-corrected chi connectivity index (χ2v) is 6.78. The molecule has 1 aliphatic rings. The number of alkyl halides is 1. The highest BCUT2D eigenvalue weighted by atomic mass is 79.9. The molecule has 18 heavy (non-hydrogen) atoms. The minimum absolute atomic E-state index is 0.425. The van der Waals surface area contributed by atoms with E-state index in [9.17, 15) is 0 Å². The monoisotopic (exact) mass is 310 g/mol. The molecule has 1 nitrogen and oxygen atoms in total. The van der Waals surface area contributed by atoms with Crippen LogP contribution in [0.1, 0.15) is 49.1 Å². The van der Waals surface area contributed by atoms with Crippen molar-refractivity contribution in [2.45, 2.75) is 50.5 Å². The lowest BCUT2D eigenvalue weighted by Gasteiger charge is -2.15. The molecule has 0 aliphatic carbocycles. The first-order valence-electron chi connectivity index (χ1n) is 6.99. The molecule has 2 atom stereocenters. The average Bonchev–Trinajstić information content (AvgIpc) is 2.82. The van der Waals surface area contributed by atoms with Crippen LogP contribution in [0.2, 0.25) is 0 Å². The van der Waals surface area contributed by atoms with E-state index in [0.29, 0.717) is 10.9 Å². The molecule has 1 aliphatic heterocycles. The van der Waals surface area contributed by atoms with Crippen molar-refractivity contribution in [1.29, 1.82) is 0 Å². The van der Waals surface area contributed by atoms with Gasteiger partial charge < -0.3 is 4.74 Å². The third-order valence-electron chi connectivity index (χ3n) is 3.48. The van der Waals surface area contributed by atoms with E-state index < -0.39 is 0 Å². The van der Waals surface area contributed by atoms with E-state index in [0.717, 1.165) is 18.9 Å². The van der Waals surface area contributed by atoms with Gasteiger partial charge in [0, 0.05) is 11.4 Å². The quantitative estimate of drug-likeness (QED) is 0.704. The average molecular weight is 311 g/mol. The highest BCUT2D eigenvalue weighted by Crippen LogP contribution is 2.31. The van der Waals surface area contributed by atoms with Gasteiger partial charge in [-0.1, -0.05) is 54.0 Å². The molecule has 0 aromatic heterocycles. The maximum absolute atomic E-state index is 5.69. The lowest BCUT2D eigenvalue weighted by molar-refractivity contribution is 0.104. The molecule has 0 radical (unpaired) electrons. The standard InChI is InChI=1S/C16H23BrO/c1-12(2)10-13-5-7-14(8-6-13)16(17)11-15-4-3-9-18-15/h5-8,12,15-16H,3-4,9-11H2,1-2H3. The summed E-state index contributed by atoms with van der Waals surface area (Å²) in [6.45, 7) is 5.47. The molecule has 1 aromatic carbocycles. The third-order valence-corrected chi connectivity index (χ3v) is 4.38. The maximum Gasteiger partial charge on any atom is 0.0589 e. The van der Waals surface area contributed by atoms with Crippen LogP contribution >= 0.6 is 15.9 Å². The highest BCUT2D eigenvalue weighted by molar-refractivity contribution is 9.09. The van der Waals surface area contributed by atoms with Crippen LogP contribution in [0.15, 0.2) is 24.3 Å². The third kappa shape index (κ3) is 4.10. The number of benzene rings is 1. The molecule has 0 saturated carbocycles. The van der Waals surface area contributed by atoms with Crippen LogP contribution in [-0.2, 0) is 11.2 Å². The van der Waals surface area contributed by atoms with Crippen LogP contribution in [0.3, 0.4) is 0 Å². The molecule has 2 unspecified atom stereocenters. The fraction of sp³-hybridized carbons (Fsp3) is 0.625. The molecular formula is C16H23BrO. The Morgan fingerprint density at radius 2 is 2.00 bits per heavy atom. The van der Waals surface area contributed by atoms with Crippen LogP contribution in [0.25, 0.3) is 0 Å². The summed E-state index contributed by atoms with van der Waals surface area (Å²) in [7, 11) is 0. The first kappa shape index (κ1) is 14.1. The molecule has 0 N–H and O–H groups in total. The summed E-state index contributed by atoms with van der Waals surface area (Å²) in [6, 6.07) is 9.04. The molecular weight excluding hydrogens is 288 g/mol. The molecule has 100 valence electrons. The zero-order valence-electron chi connectivity index (χ0n) is 11.4. The van der Waals surface area contributed by atoms with Gasteiger partial charge in [0.25, 0.3) is 0 Å². The molecule has 1 fully saturated rings. The van der Waals surface area contributed by atoms with Crippen molar-refractivity contribution in [2.24, 2.45) is 5.92 Å². The van der Waals surface area contributed by atoms with Crippen molar-refractivity contribution < 1.29 is 4.74 Å². The summed E-state index contributed by atoms with van der Waals surface area (Å²) in [5.74, 6) is 0.725. The first-order valence-corrected chi connectivity index (χ1v) is 7.91. The fourth-order valence-corrected chi connectivity index (χ4v) is 3.25. The molecule has 0 bridgehead atoms. The van der Waals surface area contributed by atoms with Gasteiger partial charge in [-0.15, -0.1) is 0 Å². The highest BCUT2D eigenvalue weighted by Gasteiger charge is 2.20. The van der Waals surface area contributed by atoms with Gasteiger partial charge in [-0.05, 0) is 42.7 Å². The predicted molar refractivity (Wildman–Crippen MR) is 80.2 cm³/mol. The van der Waals surface area contributed by atoms with Crippen molar-refractivity contribution in [1.82, 2.24) is 0 Å². The second-order valence-electron chi connectivity index (χ2n) is 5.68. The van der Waals surface area contributed by atoms with Gasteiger partial charge in [-0.3, -0.25) is 0 Å².